The Balaban J connectivity index is 1.18. The highest BCUT2D eigenvalue weighted by atomic mass is 16.7. The highest BCUT2D eigenvalue weighted by molar-refractivity contribution is 5.88. The summed E-state index contributed by atoms with van der Waals surface area (Å²) in [6.45, 7) is 11.5. The molecular weight excluding hydrogens is 757 g/mol. The Morgan fingerprint density at radius 2 is 1.53 bits per heavy atom. The van der Waals surface area contributed by atoms with Gasteiger partial charge in [0.25, 0.3) is 0 Å². The zero-order chi connectivity index (χ0) is 42.3. The number of carbonyl (C=O) groups is 5. The van der Waals surface area contributed by atoms with E-state index in [1.165, 1.54) is 40.5 Å². The van der Waals surface area contributed by atoms with Crippen LogP contribution in [0.4, 0.5) is 0 Å². The zero-order valence-electron chi connectivity index (χ0n) is 34.9. The van der Waals surface area contributed by atoms with Crippen LogP contribution in [0.2, 0.25) is 0 Å². The molecule has 2 aromatic carbocycles. The van der Waals surface area contributed by atoms with Crippen LogP contribution in [0.25, 0.3) is 17.0 Å². The van der Waals surface area contributed by atoms with Crippen molar-refractivity contribution in [3.63, 3.8) is 0 Å². The first-order valence-electron chi connectivity index (χ1n) is 20.6. The van der Waals surface area contributed by atoms with E-state index >= 15 is 0 Å². The number of hydrogen-bond donors (Lipinski definition) is 1. The summed E-state index contributed by atoms with van der Waals surface area (Å²) in [6, 6.07) is 14.3. The maximum atomic E-state index is 12.6. The minimum absolute atomic E-state index is 0.0525. The van der Waals surface area contributed by atoms with Gasteiger partial charge in [0, 0.05) is 65.5 Å². The van der Waals surface area contributed by atoms with Crippen LogP contribution in [0.1, 0.15) is 88.3 Å². The number of esters is 4. The van der Waals surface area contributed by atoms with E-state index in [-0.39, 0.29) is 19.1 Å². The lowest BCUT2D eigenvalue weighted by Crippen LogP contribution is -2.60. The third-order valence-corrected chi connectivity index (χ3v) is 11.8. The van der Waals surface area contributed by atoms with Gasteiger partial charge in [-0.1, -0.05) is 48.6 Å². The predicted molar refractivity (Wildman–Crippen MR) is 220 cm³/mol. The summed E-state index contributed by atoms with van der Waals surface area (Å²) in [5.74, 6) is -2.55. The molecule has 0 bridgehead atoms. The molecule has 2 N–H and O–H groups in total. The van der Waals surface area contributed by atoms with Crippen molar-refractivity contribution in [3.8, 4) is 0 Å². The maximum Gasteiger partial charge on any atom is 0.303 e. The molecule has 5 atom stereocenters. The van der Waals surface area contributed by atoms with Gasteiger partial charge in [-0.05, 0) is 85.7 Å². The quantitative estimate of drug-likeness (QED) is 0.184. The highest BCUT2D eigenvalue weighted by Gasteiger charge is 2.53. The fraction of sp³-hybridized carbons (Fsp3) is 0.533. The van der Waals surface area contributed by atoms with E-state index in [1.54, 1.807) is 0 Å². The lowest BCUT2D eigenvalue weighted by atomic mass is 9.72. The molecule has 1 spiro atoms. The van der Waals surface area contributed by atoms with Crippen LogP contribution in [-0.2, 0) is 54.1 Å². The summed E-state index contributed by atoms with van der Waals surface area (Å²) in [5, 5.41) is 0.985. The summed E-state index contributed by atoms with van der Waals surface area (Å²) >= 11 is 0. The Morgan fingerprint density at radius 3 is 2.19 bits per heavy atom. The number of benzene rings is 2. The van der Waals surface area contributed by atoms with Crippen LogP contribution >= 0.6 is 0 Å². The molecule has 0 unspecified atom stereocenters. The van der Waals surface area contributed by atoms with Gasteiger partial charge >= 0.3 is 23.9 Å². The molecule has 0 aliphatic carbocycles. The molecule has 6 rings (SSSR count). The minimum Gasteiger partial charge on any atom is -0.463 e. The molecule has 14 heteroatoms. The van der Waals surface area contributed by atoms with Gasteiger partial charge in [0.15, 0.2) is 24.5 Å². The summed E-state index contributed by atoms with van der Waals surface area (Å²) in [6.07, 6.45) is 6.53. The van der Waals surface area contributed by atoms with Crippen molar-refractivity contribution in [1.29, 1.82) is 0 Å². The molecular formula is C45H58N4O10. The van der Waals surface area contributed by atoms with Crippen LogP contribution < -0.4 is 5.73 Å². The Hall–Kier alpha value is -5.05. The molecule has 4 heterocycles. The van der Waals surface area contributed by atoms with E-state index < -0.39 is 54.5 Å². The molecule has 3 saturated heterocycles. The van der Waals surface area contributed by atoms with Crippen molar-refractivity contribution in [1.82, 2.24) is 14.4 Å². The van der Waals surface area contributed by atoms with Crippen molar-refractivity contribution >= 4 is 46.8 Å². The summed E-state index contributed by atoms with van der Waals surface area (Å²) < 4.78 is 30.8. The molecule has 0 saturated carbocycles. The third-order valence-electron chi connectivity index (χ3n) is 11.8. The lowest BCUT2D eigenvalue weighted by molar-refractivity contribution is -0.267. The van der Waals surface area contributed by atoms with E-state index in [4.69, 9.17) is 29.4 Å². The first kappa shape index (κ1) is 43.5. The summed E-state index contributed by atoms with van der Waals surface area (Å²) in [4.78, 5) is 65.8. The fourth-order valence-electron chi connectivity index (χ4n) is 9.07. The van der Waals surface area contributed by atoms with Gasteiger partial charge in [-0.2, -0.15) is 0 Å². The molecule has 3 fully saturated rings. The highest BCUT2D eigenvalue weighted by Crippen LogP contribution is 2.41. The Labute approximate surface area is 345 Å². The number of piperidine rings is 2. The first-order chi connectivity index (χ1) is 28.3. The summed E-state index contributed by atoms with van der Waals surface area (Å²) in [5.41, 5.74) is 10.9. The van der Waals surface area contributed by atoms with Crippen LogP contribution in [0.5, 0.6) is 0 Å². The monoisotopic (exact) mass is 814 g/mol. The second kappa shape index (κ2) is 19.3. The molecule has 1 aromatic heterocycles. The van der Waals surface area contributed by atoms with E-state index in [2.05, 4.69) is 41.3 Å². The molecule has 1 amide bonds. The van der Waals surface area contributed by atoms with Crippen LogP contribution in [-0.4, -0.2) is 114 Å². The smallest absolute Gasteiger partial charge is 0.303 e. The first-order valence-corrected chi connectivity index (χ1v) is 20.6. The maximum absolute atomic E-state index is 12.6. The van der Waals surface area contributed by atoms with E-state index in [9.17, 15) is 24.0 Å². The molecule has 318 valence electrons. The van der Waals surface area contributed by atoms with Gasteiger partial charge < -0.3 is 43.8 Å². The normalized spacial score (nSPS) is 23.3. The van der Waals surface area contributed by atoms with Gasteiger partial charge in [-0.15, -0.1) is 0 Å². The average Bonchev–Trinajstić information content (AvgIpc) is 3.56. The van der Waals surface area contributed by atoms with Crippen molar-refractivity contribution in [2.45, 2.75) is 104 Å². The Kier molecular flexibility index (Phi) is 14.3. The van der Waals surface area contributed by atoms with Gasteiger partial charge in [-0.25, -0.2) is 0 Å². The van der Waals surface area contributed by atoms with Crippen LogP contribution in [0, 0.1) is 12.3 Å². The number of hydrogen-bond acceptors (Lipinski definition) is 12. The van der Waals surface area contributed by atoms with E-state index in [0.29, 0.717) is 11.8 Å². The molecule has 0 radical (unpaired) electrons. The van der Waals surface area contributed by atoms with E-state index in [1.807, 2.05) is 40.8 Å². The topological polar surface area (TPSA) is 169 Å². The number of carbonyl (C=O) groups excluding carboxylic acids is 5. The second-order valence-corrected chi connectivity index (χ2v) is 16.2. The number of ether oxygens (including phenoxy) is 5. The molecule has 3 aromatic rings. The van der Waals surface area contributed by atoms with Crippen LogP contribution in [0.3, 0.4) is 0 Å². The fourth-order valence-corrected chi connectivity index (χ4v) is 9.07. The Bertz CT molecular complexity index is 2020. The Morgan fingerprint density at radius 1 is 0.847 bits per heavy atom. The minimum atomic E-state index is -1.28. The van der Waals surface area contributed by atoms with Gasteiger partial charge in [0.2, 0.25) is 5.91 Å². The number of nitrogens with zero attached hydrogens (tertiary/aromatic N) is 3. The number of likely N-dealkylation sites (tertiary alicyclic amines) is 2. The van der Waals surface area contributed by atoms with Gasteiger partial charge in [0.05, 0.1) is 12.1 Å². The van der Waals surface area contributed by atoms with Crippen LogP contribution in [0.15, 0.2) is 54.7 Å². The predicted octanol–water partition coefficient (Wildman–Crippen LogP) is 4.86. The average molecular weight is 815 g/mol. The van der Waals surface area contributed by atoms with Crippen molar-refractivity contribution < 1.29 is 47.7 Å². The number of rotatable bonds is 13. The summed E-state index contributed by atoms with van der Waals surface area (Å²) in [7, 11) is 0. The largest absolute Gasteiger partial charge is 0.463 e. The lowest BCUT2D eigenvalue weighted by Gasteiger charge is -2.47. The van der Waals surface area contributed by atoms with Crippen molar-refractivity contribution in [2.75, 3.05) is 45.9 Å². The second-order valence-electron chi connectivity index (χ2n) is 16.2. The number of amides is 1. The zero-order valence-corrected chi connectivity index (χ0v) is 34.9. The molecule has 14 nitrogen and oxygen atoms in total. The number of fused-ring (bicyclic) bond motifs is 1. The molecule has 3 aliphatic heterocycles. The van der Waals surface area contributed by atoms with Gasteiger partial charge in [0.1, 0.15) is 12.7 Å². The third kappa shape index (κ3) is 10.8. The van der Waals surface area contributed by atoms with Crippen molar-refractivity contribution in [3.05, 3.63) is 77.0 Å². The number of nitrogens with two attached hydrogens (primary N) is 1. The molecule has 3 aliphatic rings. The SMILES string of the molecule is CC(=O)OC[C@H]1O[C@@H](n2cc(Cc3ccc(C=CCCN4CCCC5(CCN(C(=O)CN)CC5)C4)cc3)c3c(C)cccc32)[C@H](OC(C)=O)[C@@H](OC(C)=O)[C@@H]1OC(C)=O. The number of aryl methyl sites for hydroxylation is 1. The van der Waals surface area contributed by atoms with Crippen molar-refractivity contribution in [2.24, 2.45) is 11.1 Å². The van der Waals surface area contributed by atoms with E-state index in [0.717, 1.165) is 85.1 Å². The molecule has 59 heavy (non-hydrogen) atoms. The standard InChI is InChI=1S/C45H58N4O10/c1-29-10-8-12-37-40(29)36(26-49(37)44-43(58-33(5)53)42(57-32(4)52)41(56-31(3)51)38(59-44)27-55-30(2)50)24-35-15-13-34(14-16-35)11-6-7-20-47-21-9-17-45(28-47)18-22-48(23-19-45)39(54)25-46/h6,8,10-16,26,38,41-44H,7,9,17-25,27-28,46H2,1-5H3/t38-,41-,42+,43-,44-/m1/s1. The number of aromatic nitrogens is 1. The van der Waals surface area contributed by atoms with Gasteiger partial charge in [-0.3, -0.25) is 24.0 Å².